The van der Waals surface area contributed by atoms with Crippen molar-refractivity contribution < 1.29 is 48.5 Å². The van der Waals surface area contributed by atoms with Crippen LogP contribution in [-0.4, -0.2) is 61.3 Å². The highest BCUT2D eigenvalue weighted by Crippen LogP contribution is 2.53. The van der Waals surface area contributed by atoms with Gasteiger partial charge in [0.05, 0.1) is 6.61 Å². The smallest absolute Gasteiger partial charge is 0.381 e. The zero-order valence-electron chi connectivity index (χ0n) is 8.61. The predicted octanol–water partition coefficient (Wildman–Crippen LogP) is -2.22. The number of hydrogen-bond acceptors (Lipinski definition) is 10. The Balaban J connectivity index is 3.46. The van der Waals surface area contributed by atoms with Crippen LogP contribution in [0, 0.1) is 0 Å². The van der Waals surface area contributed by atoms with E-state index in [1.807, 2.05) is 0 Å². The van der Waals surface area contributed by atoms with Crippen LogP contribution in [0.5, 0.6) is 0 Å². The molecule has 12 heteroatoms. The van der Waals surface area contributed by atoms with Crippen LogP contribution in [0.1, 0.15) is 0 Å². The van der Waals surface area contributed by atoms with Gasteiger partial charge in [-0.3, -0.25) is 0 Å². The largest absolute Gasteiger partial charge is 0.394 e. The first-order chi connectivity index (χ1) is 8.12. The van der Waals surface area contributed by atoms with E-state index < -0.39 is 51.1 Å². The van der Waals surface area contributed by atoms with E-state index in [-0.39, 0.29) is 0 Å². The number of rotatable bonds is 3. The van der Waals surface area contributed by atoms with Gasteiger partial charge in [-0.2, -0.15) is 0 Å². The quantitative estimate of drug-likeness (QED) is 0.358. The van der Waals surface area contributed by atoms with Crippen molar-refractivity contribution in [3.05, 3.63) is 0 Å². The van der Waals surface area contributed by atoms with Crippen LogP contribution in [0.2, 0.25) is 0 Å². The zero-order valence-corrected chi connectivity index (χ0v) is 10.4. The van der Waals surface area contributed by atoms with Crippen LogP contribution < -0.4 is 0 Å². The molecule has 0 aromatic heterocycles. The number of hydrogen-bond donors (Lipinski definition) is 5. The summed E-state index contributed by atoms with van der Waals surface area (Å²) in [6.07, 6.45) is -6.47. The van der Waals surface area contributed by atoms with Gasteiger partial charge in [-0.05, 0) is 0 Å². The average Bonchev–Trinajstić information content (AvgIpc) is 2.30. The summed E-state index contributed by atoms with van der Waals surface area (Å²) in [5.41, 5.74) is -3.68. The van der Waals surface area contributed by atoms with E-state index in [0.717, 1.165) is 0 Å². The highest BCUT2D eigenvalue weighted by molar-refractivity contribution is 7.38. The fraction of sp³-hybridized carbons (Fsp3) is 1.00. The van der Waals surface area contributed by atoms with E-state index in [9.17, 15) is 38.7 Å². The molecule has 0 aromatic rings. The monoisotopic (exact) mass is 304 g/mol. The summed E-state index contributed by atoms with van der Waals surface area (Å²) in [4.78, 5) is 0. The first-order valence-electron chi connectivity index (χ1n) is 4.51. The van der Waals surface area contributed by atoms with Crippen molar-refractivity contribution in [3.63, 3.8) is 0 Å². The van der Waals surface area contributed by atoms with Gasteiger partial charge in [-0.25, -0.2) is 18.3 Å². The number of ether oxygens (including phenoxy) is 1. The molecule has 5 unspecified atom stereocenters. The van der Waals surface area contributed by atoms with Gasteiger partial charge in [-0.15, -0.1) is 0 Å². The van der Waals surface area contributed by atoms with Gasteiger partial charge in [0.25, 0.3) is 5.34 Å². The van der Waals surface area contributed by atoms with Gasteiger partial charge in [-0.1, -0.05) is 0 Å². The number of aliphatic hydroxyl groups excluding tert-OH is 3. The van der Waals surface area contributed by atoms with Crippen LogP contribution in [-0.2, 0) is 23.0 Å². The standard InChI is InChI=1S/C6H10O10P2/c7-1-2-3(8)4(9)5(10,17(12)13)6(11,16-2)18(14)15/h2-4,7-11H,1H2. The lowest BCUT2D eigenvalue weighted by atomic mass is 9.98. The minimum atomic E-state index is -4.11. The fourth-order valence-corrected chi connectivity index (χ4v) is 3.32. The van der Waals surface area contributed by atoms with Crippen molar-refractivity contribution in [2.75, 3.05) is 6.61 Å². The fourth-order valence-electron chi connectivity index (χ4n) is 1.55. The molecule has 1 fully saturated rings. The Labute approximate surface area is 100 Å². The van der Waals surface area contributed by atoms with Gasteiger partial charge in [0.2, 0.25) is 0 Å². The van der Waals surface area contributed by atoms with Crippen LogP contribution in [0.25, 0.3) is 0 Å². The summed E-state index contributed by atoms with van der Waals surface area (Å²) in [6, 6.07) is 0. The van der Waals surface area contributed by atoms with Crippen molar-refractivity contribution in [1.29, 1.82) is 0 Å². The van der Waals surface area contributed by atoms with E-state index in [1.165, 1.54) is 0 Å². The molecule has 104 valence electrons. The first-order valence-corrected chi connectivity index (χ1v) is 6.87. The molecular formula is C6H10O10P2. The van der Waals surface area contributed by atoms with Crippen LogP contribution in [0.3, 0.4) is 0 Å². The normalized spacial score (nSPS) is 44.6. The maximum Gasteiger partial charge on any atom is 0.381 e. The third kappa shape index (κ3) is 1.91. The highest BCUT2D eigenvalue weighted by Gasteiger charge is 2.71. The lowest BCUT2D eigenvalue weighted by Crippen LogP contribution is -2.69. The molecule has 1 heterocycles. The van der Waals surface area contributed by atoms with Crippen LogP contribution in [0.15, 0.2) is 0 Å². The molecule has 5 atom stereocenters. The van der Waals surface area contributed by atoms with E-state index in [2.05, 4.69) is 4.74 Å². The van der Waals surface area contributed by atoms with Gasteiger partial charge in [0.1, 0.15) is 18.3 Å². The molecule has 0 bridgehead atoms. The zero-order chi connectivity index (χ0) is 14.3. The Morgan fingerprint density at radius 2 is 1.56 bits per heavy atom. The summed E-state index contributed by atoms with van der Waals surface area (Å²) >= 11 is 0. The Kier molecular flexibility index (Phi) is 4.26. The summed E-state index contributed by atoms with van der Waals surface area (Å²) in [5, 5.41) is 43.2. The molecule has 1 saturated heterocycles. The topological polar surface area (TPSA) is 179 Å². The second-order valence-corrected chi connectivity index (χ2v) is 5.94. The third-order valence-corrected chi connectivity index (χ3v) is 4.86. The molecule has 18 heavy (non-hydrogen) atoms. The summed E-state index contributed by atoms with van der Waals surface area (Å²) in [6.45, 7) is -1.02. The molecule has 0 spiro atoms. The van der Waals surface area contributed by atoms with Crippen molar-refractivity contribution in [2.24, 2.45) is 0 Å². The van der Waals surface area contributed by atoms with Crippen LogP contribution in [0.4, 0.5) is 0 Å². The lowest BCUT2D eigenvalue weighted by molar-refractivity contribution is -0.324. The second kappa shape index (κ2) is 4.92. The molecule has 0 amide bonds. The van der Waals surface area contributed by atoms with E-state index >= 15 is 0 Å². The Morgan fingerprint density at radius 1 is 1.06 bits per heavy atom. The van der Waals surface area contributed by atoms with E-state index in [1.54, 1.807) is 0 Å². The summed E-state index contributed by atoms with van der Waals surface area (Å²) in [7, 11) is -8.19. The van der Waals surface area contributed by atoms with Crippen molar-refractivity contribution in [2.45, 2.75) is 29.2 Å². The number of aliphatic hydroxyl groups is 5. The molecule has 1 aliphatic heterocycles. The minimum Gasteiger partial charge on any atom is -0.394 e. The molecular weight excluding hydrogens is 294 g/mol. The van der Waals surface area contributed by atoms with Gasteiger partial charge < -0.3 is 30.3 Å². The van der Waals surface area contributed by atoms with Crippen molar-refractivity contribution in [1.82, 2.24) is 0 Å². The maximum atomic E-state index is 10.9. The third-order valence-electron chi connectivity index (χ3n) is 2.62. The van der Waals surface area contributed by atoms with Gasteiger partial charge in [0, 0.05) is 0 Å². The predicted molar refractivity (Wildman–Crippen MR) is 50.5 cm³/mol. The van der Waals surface area contributed by atoms with E-state index in [0.29, 0.717) is 0 Å². The second-order valence-electron chi connectivity index (χ2n) is 3.62. The van der Waals surface area contributed by atoms with Gasteiger partial charge in [0.15, 0.2) is 0 Å². The molecule has 0 saturated carbocycles. The molecule has 1 rings (SSSR count). The van der Waals surface area contributed by atoms with E-state index in [4.69, 9.17) is 5.11 Å². The Morgan fingerprint density at radius 3 is 1.89 bits per heavy atom. The minimum absolute atomic E-state index is 1.02. The molecule has 1 aliphatic rings. The molecule has 0 radical (unpaired) electrons. The van der Waals surface area contributed by atoms with Crippen molar-refractivity contribution >= 4 is 15.4 Å². The first kappa shape index (κ1) is 15.6. The lowest BCUT2D eigenvalue weighted by Gasteiger charge is -2.45. The molecule has 10 nitrogen and oxygen atoms in total. The summed E-state index contributed by atoms with van der Waals surface area (Å²) < 4.78 is 47.8. The average molecular weight is 304 g/mol. The van der Waals surface area contributed by atoms with Crippen molar-refractivity contribution in [3.8, 4) is 0 Å². The highest BCUT2D eigenvalue weighted by atomic mass is 31.1. The van der Waals surface area contributed by atoms with Crippen LogP contribution >= 0.6 is 15.4 Å². The Hall–Kier alpha value is -0.440. The van der Waals surface area contributed by atoms with Gasteiger partial charge >= 0.3 is 20.9 Å². The summed E-state index contributed by atoms with van der Waals surface area (Å²) in [5.74, 6) is 0. The molecule has 0 aliphatic carbocycles. The SMILES string of the molecule is O=P(=O)C1(O)OC(CO)C(O)C(O)C1(O)P(=O)=O. The molecule has 5 N–H and O–H groups in total. The Bertz CT molecular complexity index is 455. The molecule has 0 aromatic carbocycles. The maximum absolute atomic E-state index is 10.9.